The second kappa shape index (κ2) is 5.00. The molecule has 0 saturated heterocycles. The molecule has 1 aromatic carbocycles. The van der Waals surface area contributed by atoms with Crippen LogP contribution in [0.2, 0.25) is 5.02 Å². The fourth-order valence-electron chi connectivity index (χ4n) is 1.33. The van der Waals surface area contributed by atoms with Crippen LogP contribution in [0, 0.1) is 0 Å². The highest BCUT2D eigenvalue weighted by Crippen LogP contribution is 2.32. The van der Waals surface area contributed by atoms with Crippen molar-refractivity contribution >= 4 is 17.6 Å². The number of hydrogen-bond donors (Lipinski definition) is 2. The standard InChI is InChI=1S/C10H12ClNO3/c1-15-10-6(3-2-4-7(10)11)8(12)5-9(13)14/h2-4,8H,5,12H2,1H3,(H,13,14). The molecule has 0 aromatic heterocycles. The van der Waals surface area contributed by atoms with Crippen molar-refractivity contribution in [1.29, 1.82) is 0 Å². The molecule has 4 nitrogen and oxygen atoms in total. The van der Waals surface area contributed by atoms with Crippen molar-refractivity contribution in [3.05, 3.63) is 28.8 Å². The van der Waals surface area contributed by atoms with Gasteiger partial charge >= 0.3 is 5.97 Å². The molecular weight excluding hydrogens is 218 g/mol. The van der Waals surface area contributed by atoms with Gasteiger partial charge in [-0.3, -0.25) is 4.79 Å². The first kappa shape index (κ1) is 11.8. The largest absolute Gasteiger partial charge is 0.495 e. The van der Waals surface area contributed by atoms with Gasteiger partial charge in [-0.2, -0.15) is 0 Å². The third kappa shape index (κ3) is 2.84. The predicted molar refractivity (Wildman–Crippen MR) is 57.2 cm³/mol. The van der Waals surface area contributed by atoms with Crippen molar-refractivity contribution in [2.75, 3.05) is 7.11 Å². The molecule has 1 aromatic rings. The lowest BCUT2D eigenvalue weighted by molar-refractivity contribution is -0.137. The maximum Gasteiger partial charge on any atom is 0.305 e. The third-order valence-corrected chi connectivity index (χ3v) is 2.29. The summed E-state index contributed by atoms with van der Waals surface area (Å²) in [6.45, 7) is 0. The molecule has 0 fully saturated rings. The molecule has 15 heavy (non-hydrogen) atoms. The first-order chi connectivity index (χ1) is 7.06. The molecule has 0 spiro atoms. The molecule has 0 heterocycles. The van der Waals surface area contributed by atoms with Crippen LogP contribution in [0.25, 0.3) is 0 Å². The Hall–Kier alpha value is -1.26. The minimum atomic E-state index is -0.954. The quantitative estimate of drug-likeness (QED) is 0.826. The van der Waals surface area contributed by atoms with Crippen LogP contribution in [0.4, 0.5) is 0 Å². The van der Waals surface area contributed by atoms with Gasteiger partial charge in [-0.05, 0) is 6.07 Å². The van der Waals surface area contributed by atoms with Crippen molar-refractivity contribution < 1.29 is 14.6 Å². The van der Waals surface area contributed by atoms with E-state index < -0.39 is 12.0 Å². The number of ether oxygens (including phenoxy) is 1. The summed E-state index contributed by atoms with van der Waals surface area (Å²) in [5.41, 5.74) is 6.33. The lowest BCUT2D eigenvalue weighted by Crippen LogP contribution is -2.15. The number of hydrogen-bond acceptors (Lipinski definition) is 3. The number of carbonyl (C=O) groups is 1. The summed E-state index contributed by atoms with van der Waals surface area (Å²) in [6, 6.07) is 4.47. The second-order valence-electron chi connectivity index (χ2n) is 3.07. The number of benzene rings is 1. The molecule has 3 N–H and O–H groups in total. The van der Waals surface area contributed by atoms with Crippen LogP contribution < -0.4 is 10.5 Å². The van der Waals surface area contributed by atoms with Crippen molar-refractivity contribution in [2.45, 2.75) is 12.5 Å². The Kier molecular flexibility index (Phi) is 3.94. The fourth-order valence-corrected chi connectivity index (χ4v) is 1.59. The van der Waals surface area contributed by atoms with E-state index >= 15 is 0 Å². The van der Waals surface area contributed by atoms with E-state index in [0.717, 1.165) is 0 Å². The highest BCUT2D eigenvalue weighted by molar-refractivity contribution is 6.32. The van der Waals surface area contributed by atoms with Gasteiger partial charge in [0.25, 0.3) is 0 Å². The number of rotatable bonds is 4. The number of carboxylic acids is 1. The molecule has 0 aliphatic carbocycles. The number of aliphatic carboxylic acids is 1. The first-order valence-corrected chi connectivity index (χ1v) is 4.73. The zero-order valence-corrected chi connectivity index (χ0v) is 8.99. The maximum atomic E-state index is 10.5. The summed E-state index contributed by atoms with van der Waals surface area (Å²) in [5.74, 6) is -0.516. The lowest BCUT2D eigenvalue weighted by Gasteiger charge is -2.14. The Labute approximate surface area is 92.6 Å². The van der Waals surface area contributed by atoms with Gasteiger partial charge in [0.05, 0.1) is 18.6 Å². The van der Waals surface area contributed by atoms with Gasteiger partial charge in [0.15, 0.2) is 0 Å². The zero-order chi connectivity index (χ0) is 11.4. The zero-order valence-electron chi connectivity index (χ0n) is 8.24. The van der Waals surface area contributed by atoms with Crippen LogP contribution in [-0.4, -0.2) is 18.2 Å². The molecule has 0 aliphatic heterocycles. The Bertz CT molecular complexity index is 368. The predicted octanol–water partition coefficient (Wildman–Crippen LogP) is 1.82. The molecular formula is C10H12ClNO3. The molecule has 1 unspecified atom stereocenters. The summed E-state index contributed by atoms with van der Waals surface area (Å²) in [5, 5.41) is 9.05. The number of halogens is 1. The van der Waals surface area contributed by atoms with E-state index in [4.69, 9.17) is 27.2 Å². The van der Waals surface area contributed by atoms with E-state index in [0.29, 0.717) is 16.3 Å². The first-order valence-electron chi connectivity index (χ1n) is 4.36. The Morgan fingerprint density at radius 2 is 2.33 bits per heavy atom. The smallest absolute Gasteiger partial charge is 0.305 e. The molecule has 0 bridgehead atoms. The molecule has 5 heteroatoms. The van der Waals surface area contributed by atoms with Gasteiger partial charge in [0, 0.05) is 11.6 Å². The molecule has 0 aliphatic rings. The van der Waals surface area contributed by atoms with Crippen LogP contribution in [0.15, 0.2) is 18.2 Å². The Morgan fingerprint density at radius 3 is 2.87 bits per heavy atom. The van der Waals surface area contributed by atoms with Crippen LogP contribution in [-0.2, 0) is 4.79 Å². The molecule has 1 rings (SSSR count). The van der Waals surface area contributed by atoms with E-state index in [2.05, 4.69) is 0 Å². The second-order valence-corrected chi connectivity index (χ2v) is 3.47. The van der Waals surface area contributed by atoms with E-state index in [1.54, 1.807) is 18.2 Å². The number of para-hydroxylation sites is 1. The highest BCUT2D eigenvalue weighted by atomic mass is 35.5. The van der Waals surface area contributed by atoms with Crippen molar-refractivity contribution in [3.8, 4) is 5.75 Å². The lowest BCUT2D eigenvalue weighted by atomic mass is 10.0. The van der Waals surface area contributed by atoms with Gasteiger partial charge in [-0.25, -0.2) is 0 Å². The summed E-state index contributed by atoms with van der Waals surface area (Å²) in [6.07, 6.45) is -0.156. The SMILES string of the molecule is COc1c(Cl)cccc1C(N)CC(=O)O. The maximum absolute atomic E-state index is 10.5. The highest BCUT2D eigenvalue weighted by Gasteiger charge is 2.16. The van der Waals surface area contributed by atoms with Gasteiger partial charge < -0.3 is 15.6 Å². The monoisotopic (exact) mass is 229 g/mol. The summed E-state index contributed by atoms with van der Waals surface area (Å²) >= 11 is 5.88. The van der Waals surface area contributed by atoms with Crippen molar-refractivity contribution in [1.82, 2.24) is 0 Å². The van der Waals surface area contributed by atoms with E-state index in [9.17, 15) is 4.79 Å². The van der Waals surface area contributed by atoms with Gasteiger partial charge in [0.1, 0.15) is 5.75 Å². The number of carboxylic acid groups (broad SMARTS) is 1. The normalized spacial score (nSPS) is 12.2. The van der Waals surface area contributed by atoms with Crippen LogP contribution >= 0.6 is 11.6 Å². The molecule has 82 valence electrons. The van der Waals surface area contributed by atoms with Crippen molar-refractivity contribution in [3.63, 3.8) is 0 Å². The van der Waals surface area contributed by atoms with Gasteiger partial charge in [0.2, 0.25) is 0 Å². The van der Waals surface area contributed by atoms with E-state index in [1.165, 1.54) is 7.11 Å². The third-order valence-electron chi connectivity index (χ3n) is 2.00. The van der Waals surface area contributed by atoms with Crippen LogP contribution in [0.3, 0.4) is 0 Å². The molecule has 0 saturated carbocycles. The van der Waals surface area contributed by atoms with Crippen molar-refractivity contribution in [2.24, 2.45) is 5.73 Å². The van der Waals surface area contributed by atoms with Crippen LogP contribution in [0.5, 0.6) is 5.75 Å². The van der Waals surface area contributed by atoms with Gasteiger partial charge in [-0.15, -0.1) is 0 Å². The summed E-state index contributed by atoms with van der Waals surface area (Å²) in [7, 11) is 1.47. The Balaban J connectivity index is 3.02. The summed E-state index contributed by atoms with van der Waals surface area (Å²) < 4.78 is 5.07. The number of methoxy groups -OCH3 is 1. The average molecular weight is 230 g/mol. The molecule has 1 atom stereocenters. The van der Waals surface area contributed by atoms with E-state index in [1.807, 2.05) is 0 Å². The van der Waals surface area contributed by atoms with Gasteiger partial charge in [-0.1, -0.05) is 23.7 Å². The minimum absolute atomic E-state index is 0.156. The average Bonchev–Trinajstić information content (AvgIpc) is 2.16. The van der Waals surface area contributed by atoms with E-state index in [-0.39, 0.29) is 6.42 Å². The number of nitrogens with two attached hydrogens (primary N) is 1. The minimum Gasteiger partial charge on any atom is -0.495 e. The fraction of sp³-hybridized carbons (Fsp3) is 0.300. The van der Waals surface area contributed by atoms with Crippen LogP contribution in [0.1, 0.15) is 18.0 Å². The molecule has 0 radical (unpaired) electrons. The molecule has 0 amide bonds. The topological polar surface area (TPSA) is 72.5 Å². The summed E-state index contributed by atoms with van der Waals surface area (Å²) in [4.78, 5) is 10.5. The Morgan fingerprint density at radius 1 is 1.67 bits per heavy atom.